The molecule has 5 nitrogen and oxygen atoms in total. The highest BCUT2D eigenvalue weighted by Gasteiger charge is 2.29. The summed E-state index contributed by atoms with van der Waals surface area (Å²) in [5, 5.41) is 2.96. The molecule has 1 atom stereocenters. The van der Waals surface area contributed by atoms with Crippen molar-refractivity contribution >= 4 is 21.6 Å². The zero-order chi connectivity index (χ0) is 18.6. The summed E-state index contributed by atoms with van der Waals surface area (Å²) < 4.78 is 25.9. The Hall–Kier alpha value is -1.56. The van der Waals surface area contributed by atoms with E-state index in [9.17, 15) is 13.2 Å². The van der Waals surface area contributed by atoms with Gasteiger partial charge in [-0.3, -0.25) is 9.10 Å². The summed E-state index contributed by atoms with van der Waals surface area (Å²) in [4.78, 5) is 12.6. The van der Waals surface area contributed by atoms with Gasteiger partial charge in [0.05, 0.1) is 11.9 Å². The average Bonchev–Trinajstić information content (AvgIpc) is 2.55. The fourth-order valence-corrected chi connectivity index (χ4v) is 4.62. The predicted octanol–water partition coefficient (Wildman–Crippen LogP) is 3.15. The van der Waals surface area contributed by atoms with Gasteiger partial charge in [0.2, 0.25) is 15.9 Å². The Balaban J connectivity index is 2.13. The second-order valence-electron chi connectivity index (χ2n) is 7.25. The Morgan fingerprint density at radius 3 is 2.40 bits per heavy atom. The lowest BCUT2D eigenvalue weighted by molar-refractivity contribution is -0.122. The van der Waals surface area contributed by atoms with Crippen molar-refractivity contribution in [3.8, 4) is 0 Å². The van der Waals surface area contributed by atoms with E-state index in [1.54, 1.807) is 13.0 Å². The number of carbonyl (C=O) groups is 1. The van der Waals surface area contributed by atoms with Gasteiger partial charge in [0.25, 0.3) is 0 Å². The van der Waals surface area contributed by atoms with Crippen LogP contribution in [0, 0.1) is 19.8 Å². The molecule has 6 heteroatoms. The molecule has 2 rings (SSSR count). The Morgan fingerprint density at radius 2 is 1.84 bits per heavy atom. The van der Waals surface area contributed by atoms with Crippen molar-refractivity contribution in [1.29, 1.82) is 0 Å². The zero-order valence-electron chi connectivity index (χ0n) is 15.7. The minimum absolute atomic E-state index is 0.241. The van der Waals surface area contributed by atoms with Crippen LogP contribution in [-0.2, 0) is 14.8 Å². The van der Waals surface area contributed by atoms with Crippen molar-refractivity contribution in [2.75, 3.05) is 17.1 Å². The molecular formula is C19H30N2O3S. The number of benzene rings is 1. The number of anilines is 1. The highest BCUT2D eigenvalue weighted by atomic mass is 32.2. The number of carbonyl (C=O) groups excluding carboxylic acids is 1. The van der Waals surface area contributed by atoms with Crippen molar-refractivity contribution in [2.24, 2.45) is 5.92 Å². The molecule has 0 aliphatic heterocycles. The standard InChI is InChI=1S/C19H30N2O3S/c1-14-10-11-18(12-15(14)2)21(25(4,23)24)16(3)19(22)20-13-17-8-6-5-7-9-17/h10-12,16-17H,5-9,13H2,1-4H3,(H,20,22)/t16-/m1/s1. The molecule has 0 heterocycles. The molecule has 1 saturated carbocycles. The van der Waals surface area contributed by atoms with E-state index in [0.29, 0.717) is 18.2 Å². The molecule has 0 unspecified atom stereocenters. The minimum atomic E-state index is -3.56. The number of rotatable bonds is 6. The molecule has 1 aliphatic rings. The third-order valence-electron chi connectivity index (χ3n) is 5.12. The topological polar surface area (TPSA) is 66.5 Å². The van der Waals surface area contributed by atoms with Gasteiger partial charge in [-0.15, -0.1) is 0 Å². The summed E-state index contributed by atoms with van der Waals surface area (Å²) in [6, 6.07) is 4.69. The van der Waals surface area contributed by atoms with Gasteiger partial charge < -0.3 is 5.32 Å². The van der Waals surface area contributed by atoms with Crippen molar-refractivity contribution in [3.63, 3.8) is 0 Å². The molecule has 0 radical (unpaired) electrons. The summed E-state index contributed by atoms with van der Waals surface area (Å²) in [5.74, 6) is 0.271. The Kier molecular flexibility index (Phi) is 6.49. The van der Waals surface area contributed by atoms with Crippen LogP contribution in [0.3, 0.4) is 0 Å². The second kappa shape index (κ2) is 8.21. The van der Waals surface area contributed by atoms with Gasteiger partial charge in [0.1, 0.15) is 6.04 Å². The third-order valence-corrected chi connectivity index (χ3v) is 6.36. The van der Waals surface area contributed by atoms with Crippen molar-refractivity contribution in [1.82, 2.24) is 5.32 Å². The smallest absolute Gasteiger partial charge is 0.243 e. The molecular weight excluding hydrogens is 336 g/mol. The Labute approximate surface area is 151 Å². The zero-order valence-corrected chi connectivity index (χ0v) is 16.5. The van der Waals surface area contributed by atoms with Crippen LogP contribution in [0.2, 0.25) is 0 Å². The van der Waals surface area contributed by atoms with E-state index in [4.69, 9.17) is 0 Å². The van der Waals surface area contributed by atoms with Gasteiger partial charge in [-0.25, -0.2) is 8.42 Å². The highest BCUT2D eigenvalue weighted by molar-refractivity contribution is 7.92. The van der Waals surface area contributed by atoms with Crippen LogP contribution in [0.1, 0.15) is 50.2 Å². The maximum atomic E-state index is 12.6. The Morgan fingerprint density at radius 1 is 1.20 bits per heavy atom. The number of aryl methyl sites for hydroxylation is 2. The molecule has 25 heavy (non-hydrogen) atoms. The van der Waals surface area contributed by atoms with Crippen LogP contribution in [0.15, 0.2) is 18.2 Å². The lowest BCUT2D eigenvalue weighted by Gasteiger charge is -2.29. The molecule has 0 bridgehead atoms. The second-order valence-corrected chi connectivity index (χ2v) is 9.11. The quantitative estimate of drug-likeness (QED) is 0.841. The van der Waals surface area contributed by atoms with E-state index >= 15 is 0 Å². The van der Waals surface area contributed by atoms with Crippen LogP contribution in [-0.4, -0.2) is 33.2 Å². The first kappa shape index (κ1) is 19.8. The average molecular weight is 367 g/mol. The lowest BCUT2D eigenvalue weighted by Crippen LogP contribution is -2.48. The van der Waals surface area contributed by atoms with Crippen LogP contribution in [0.4, 0.5) is 5.69 Å². The fraction of sp³-hybridized carbons (Fsp3) is 0.632. The molecule has 0 aromatic heterocycles. The fourth-order valence-electron chi connectivity index (χ4n) is 3.46. The highest BCUT2D eigenvalue weighted by Crippen LogP contribution is 2.25. The SMILES string of the molecule is Cc1ccc(N([C@H](C)C(=O)NCC2CCCCC2)S(C)(=O)=O)cc1C. The largest absolute Gasteiger partial charge is 0.354 e. The maximum Gasteiger partial charge on any atom is 0.243 e. The molecule has 0 saturated heterocycles. The summed E-state index contributed by atoms with van der Waals surface area (Å²) in [5.41, 5.74) is 2.62. The van der Waals surface area contributed by atoms with Crippen LogP contribution < -0.4 is 9.62 Å². The molecule has 1 aliphatic carbocycles. The molecule has 1 fully saturated rings. The minimum Gasteiger partial charge on any atom is -0.354 e. The summed E-state index contributed by atoms with van der Waals surface area (Å²) in [6.07, 6.45) is 7.13. The van der Waals surface area contributed by atoms with Gasteiger partial charge in [0.15, 0.2) is 0 Å². The monoisotopic (exact) mass is 366 g/mol. The lowest BCUT2D eigenvalue weighted by atomic mass is 9.89. The molecule has 1 aromatic rings. The predicted molar refractivity (Wildman–Crippen MR) is 102 cm³/mol. The van der Waals surface area contributed by atoms with Gasteiger partial charge in [-0.05, 0) is 62.8 Å². The maximum absolute atomic E-state index is 12.6. The Bertz CT molecular complexity index is 709. The summed E-state index contributed by atoms with van der Waals surface area (Å²) in [7, 11) is -3.56. The normalized spacial score (nSPS) is 17.1. The van der Waals surface area contributed by atoms with Crippen molar-refractivity contribution in [2.45, 2.75) is 58.9 Å². The number of amides is 1. The molecule has 0 spiro atoms. The van der Waals surface area contributed by atoms with E-state index in [2.05, 4.69) is 5.32 Å². The van der Waals surface area contributed by atoms with E-state index in [0.717, 1.165) is 30.2 Å². The van der Waals surface area contributed by atoms with Crippen LogP contribution in [0.5, 0.6) is 0 Å². The number of sulfonamides is 1. The molecule has 1 N–H and O–H groups in total. The van der Waals surface area contributed by atoms with Gasteiger partial charge >= 0.3 is 0 Å². The first-order chi connectivity index (χ1) is 11.7. The van der Waals surface area contributed by atoms with Gasteiger partial charge in [-0.1, -0.05) is 25.3 Å². The first-order valence-corrected chi connectivity index (χ1v) is 10.9. The number of hydrogen-bond acceptors (Lipinski definition) is 3. The van der Waals surface area contributed by atoms with E-state index in [1.165, 1.54) is 23.6 Å². The van der Waals surface area contributed by atoms with Crippen molar-refractivity contribution in [3.05, 3.63) is 29.3 Å². The number of hydrogen-bond donors (Lipinski definition) is 1. The number of nitrogens with zero attached hydrogens (tertiary/aromatic N) is 1. The van der Waals surface area contributed by atoms with Crippen molar-refractivity contribution < 1.29 is 13.2 Å². The summed E-state index contributed by atoms with van der Waals surface area (Å²) in [6.45, 7) is 6.19. The molecule has 1 aromatic carbocycles. The van der Waals surface area contributed by atoms with Crippen LogP contribution >= 0.6 is 0 Å². The molecule has 1 amide bonds. The van der Waals surface area contributed by atoms with Gasteiger partial charge in [-0.2, -0.15) is 0 Å². The van der Waals surface area contributed by atoms with Gasteiger partial charge in [0, 0.05) is 6.54 Å². The third kappa shape index (κ3) is 5.21. The number of nitrogens with one attached hydrogen (secondary N) is 1. The van der Waals surface area contributed by atoms with E-state index in [1.807, 2.05) is 26.0 Å². The van der Waals surface area contributed by atoms with E-state index in [-0.39, 0.29) is 5.91 Å². The molecule has 140 valence electrons. The first-order valence-electron chi connectivity index (χ1n) is 9.04. The van der Waals surface area contributed by atoms with E-state index < -0.39 is 16.1 Å². The summed E-state index contributed by atoms with van der Waals surface area (Å²) >= 11 is 0. The van der Waals surface area contributed by atoms with Crippen LogP contribution in [0.25, 0.3) is 0 Å².